The topological polar surface area (TPSA) is 41.1 Å². The van der Waals surface area contributed by atoms with Crippen LogP contribution in [0.2, 0.25) is 0 Å². The van der Waals surface area contributed by atoms with Gasteiger partial charge in [-0.3, -0.25) is 0 Å². The third-order valence-electron chi connectivity index (χ3n) is 4.45. The Hall–Kier alpha value is -1.58. The molecule has 1 aromatic rings. The highest BCUT2D eigenvalue weighted by Gasteiger charge is 2.28. The molecule has 1 aromatic carbocycles. The lowest BCUT2D eigenvalue weighted by atomic mass is 9.78. The van der Waals surface area contributed by atoms with Crippen molar-refractivity contribution in [2.24, 2.45) is 11.8 Å². The lowest BCUT2D eigenvalue weighted by Gasteiger charge is -2.34. The summed E-state index contributed by atoms with van der Waals surface area (Å²) in [6.07, 6.45) is 3.39. The summed E-state index contributed by atoms with van der Waals surface area (Å²) in [7, 11) is 0. The van der Waals surface area contributed by atoms with Gasteiger partial charge in [0.25, 0.3) is 0 Å². The van der Waals surface area contributed by atoms with Crippen LogP contribution in [0.5, 0.6) is 0 Å². The van der Waals surface area contributed by atoms with Crippen LogP contribution < -0.4 is 10.6 Å². The predicted octanol–water partition coefficient (Wildman–Crippen LogP) is 4.08. The molecular weight excluding hydrogens is 255 g/mol. The Balaban J connectivity index is 1.93. The van der Waals surface area contributed by atoms with Crippen LogP contribution in [0.3, 0.4) is 0 Å². The Morgan fingerprint density at radius 1 is 1.30 bits per heavy atom. The highest BCUT2D eigenvalue weighted by molar-refractivity contribution is 5.89. The zero-order valence-corrected chi connectivity index (χ0v) is 12.4. The van der Waals surface area contributed by atoms with Gasteiger partial charge in [-0.1, -0.05) is 32.8 Å². The van der Waals surface area contributed by atoms with Gasteiger partial charge in [0.1, 0.15) is 5.82 Å². The van der Waals surface area contributed by atoms with E-state index in [4.69, 9.17) is 0 Å². The molecule has 0 heterocycles. The summed E-state index contributed by atoms with van der Waals surface area (Å²) in [5.41, 5.74) is 1.06. The van der Waals surface area contributed by atoms with Crippen LogP contribution in [0.25, 0.3) is 0 Å². The third kappa shape index (κ3) is 3.50. The first-order valence-electron chi connectivity index (χ1n) is 7.31. The number of urea groups is 1. The van der Waals surface area contributed by atoms with Gasteiger partial charge in [-0.05, 0) is 42.9 Å². The van der Waals surface area contributed by atoms with E-state index >= 15 is 0 Å². The molecule has 1 fully saturated rings. The number of benzene rings is 1. The zero-order valence-electron chi connectivity index (χ0n) is 12.4. The Morgan fingerprint density at radius 2 is 2.05 bits per heavy atom. The number of aryl methyl sites for hydroxylation is 1. The molecule has 0 saturated heterocycles. The Bertz CT molecular complexity index is 489. The van der Waals surface area contributed by atoms with E-state index in [-0.39, 0.29) is 17.9 Å². The first-order chi connectivity index (χ1) is 9.47. The molecule has 1 aliphatic rings. The van der Waals surface area contributed by atoms with Gasteiger partial charge in [0.2, 0.25) is 0 Å². The van der Waals surface area contributed by atoms with Crippen LogP contribution in [0.15, 0.2) is 18.2 Å². The van der Waals surface area contributed by atoms with Crippen LogP contribution in [0, 0.1) is 24.6 Å². The van der Waals surface area contributed by atoms with Gasteiger partial charge < -0.3 is 10.6 Å². The average Bonchev–Trinajstić information content (AvgIpc) is 2.39. The molecule has 0 unspecified atom stereocenters. The number of carbonyl (C=O) groups excluding carboxylic acids is 1. The zero-order chi connectivity index (χ0) is 14.7. The maximum Gasteiger partial charge on any atom is 0.319 e. The molecule has 3 atom stereocenters. The van der Waals surface area contributed by atoms with Crippen molar-refractivity contribution in [2.75, 3.05) is 5.32 Å². The SMILES string of the molecule is Cc1ccc(NC(=O)N[C@H]2CCC[C@H](C)[C@@H]2C)cc1F. The number of hydrogen-bond acceptors (Lipinski definition) is 1. The van der Waals surface area contributed by atoms with Gasteiger partial charge in [-0.15, -0.1) is 0 Å². The molecule has 0 spiro atoms. The van der Waals surface area contributed by atoms with Crippen molar-refractivity contribution in [1.82, 2.24) is 5.32 Å². The highest BCUT2D eigenvalue weighted by Crippen LogP contribution is 2.29. The summed E-state index contributed by atoms with van der Waals surface area (Å²) in [4.78, 5) is 12.0. The molecule has 2 amide bonds. The maximum absolute atomic E-state index is 13.4. The van der Waals surface area contributed by atoms with E-state index in [0.717, 1.165) is 12.8 Å². The van der Waals surface area contributed by atoms with Crippen molar-refractivity contribution < 1.29 is 9.18 Å². The molecular formula is C16H23FN2O. The standard InChI is InChI=1S/C16H23FN2O/c1-10-5-4-6-15(12(10)3)19-16(20)18-13-8-7-11(2)14(17)9-13/h7-10,12,15H,4-6H2,1-3H3,(H2,18,19,20)/t10-,12-,15-/m0/s1. The Kier molecular flexibility index (Phi) is 4.63. The largest absolute Gasteiger partial charge is 0.335 e. The summed E-state index contributed by atoms with van der Waals surface area (Å²) >= 11 is 0. The van der Waals surface area contributed by atoms with E-state index in [1.807, 2.05) is 0 Å². The molecule has 1 saturated carbocycles. The minimum Gasteiger partial charge on any atom is -0.335 e. The molecule has 0 aromatic heterocycles. The van der Waals surface area contributed by atoms with Crippen LogP contribution in [-0.2, 0) is 0 Å². The van der Waals surface area contributed by atoms with Crippen molar-refractivity contribution in [3.63, 3.8) is 0 Å². The normalized spacial score (nSPS) is 26.1. The fourth-order valence-electron chi connectivity index (χ4n) is 2.79. The van der Waals surface area contributed by atoms with E-state index in [9.17, 15) is 9.18 Å². The van der Waals surface area contributed by atoms with Crippen LogP contribution in [0.4, 0.5) is 14.9 Å². The predicted molar refractivity (Wildman–Crippen MR) is 79.3 cm³/mol. The van der Waals surface area contributed by atoms with Gasteiger partial charge >= 0.3 is 6.03 Å². The molecule has 1 aliphatic carbocycles. The van der Waals surface area contributed by atoms with Crippen molar-refractivity contribution in [2.45, 2.75) is 46.1 Å². The summed E-state index contributed by atoms with van der Waals surface area (Å²) in [5, 5.41) is 5.71. The number of amides is 2. The fourth-order valence-corrected chi connectivity index (χ4v) is 2.79. The lowest BCUT2D eigenvalue weighted by Crippen LogP contribution is -2.45. The second kappa shape index (κ2) is 6.25. The number of hydrogen-bond donors (Lipinski definition) is 2. The monoisotopic (exact) mass is 278 g/mol. The summed E-state index contributed by atoms with van der Waals surface area (Å²) in [6.45, 7) is 6.11. The minimum atomic E-state index is -0.303. The second-order valence-electron chi connectivity index (χ2n) is 5.94. The van der Waals surface area contributed by atoms with Crippen LogP contribution in [-0.4, -0.2) is 12.1 Å². The average molecular weight is 278 g/mol. The summed E-state index contributed by atoms with van der Waals surface area (Å²) < 4.78 is 13.4. The van der Waals surface area contributed by atoms with Gasteiger partial charge in [0.15, 0.2) is 0 Å². The Labute approximate surface area is 120 Å². The van der Waals surface area contributed by atoms with Crippen LogP contribution in [0.1, 0.15) is 38.7 Å². The lowest BCUT2D eigenvalue weighted by molar-refractivity contribution is 0.201. The smallest absolute Gasteiger partial charge is 0.319 e. The molecule has 3 nitrogen and oxygen atoms in total. The molecule has 2 rings (SSSR count). The molecule has 0 bridgehead atoms. The molecule has 0 aliphatic heterocycles. The number of anilines is 1. The summed E-state index contributed by atoms with van der Waals surface area (Å²) in [5.74, 6) is 0.803. The Morgan fingerprint density at radius 3 is 2.75 bits per heavy atom. The molecule has 110 valence electrons. The third-order valence-corrected chi connectivity index (χ3v) is 4.45. The van der Waals surface area contributed by atoms with Gasteiger partial charge in [0, 0.05) is 11.7 Å². The molecule has 20 heavy (non-hydrogen) atoms. The number of rotatable bonds is 2. The van der Waals surface area contributed by atoms with E-state index in [2.05, 4.69) is 24.5 Å². The van der Waals surface area contributed by atoms with E-state index in [0.29, 0.717) is 23.1 Å². The summed E-state index contributed by atoms with van der Waals surface area (Å²) in [6, 6.07) is 4.68. The molecule has 4 heteroatoms. The highest BCUT2D eigenvalue weighted by atomic mass is 19.1. The van der Waals surface area contributed by atoms with Gasteiger partial charge in [0.05, 0.1) is 0 Å². The van der Waals surface area contributed by atoms with Gasteiger partial charge in [-0.2, -0.15) is 0 Å². The van der Waals surface area contributed by atoms with Crippen molar-refractivity contribution >= 4 is 11.7 Å². The number of nitrogens with one attached hydrogen (secondary N) is 2. The van der Waals surface area contributed by atoms with E-state index in [1.165, 1.54) is 12.5 Å². The van der Waals surface area contributed by atoms with Crippen molar-refractivity contribution in [3.05, 3.63) is 29.6 Å². The van der Waals surface area contributed by atoms with E-state index in [1.54, 1.807) is 19.1 Å². The van der Waals surface area contributed by atoms with Gasteiger partial charge in [-0.25, -0.2) is 9.18 Å². The molecule has 2 N–H and O–H groups in total. The quantitative estimate of drug-likeness (QED) is 0.841. The maximum atomic E-state index is 13.4. The van der Waals surface area contributed by atoms with Crippen molar-refractivity contribution in [1.29, 1.82) is 0 Å². The van der Waals surface area contributed by atoms with Crippen LogP contribution >= 0.6 is 0 Å². The first kappa shape index (κ1) is 14.8. The minimum absolute atomic E-state index is 0.203. The number of halogens is 1. The van der Waals surface area contributed by atoms with E-state index < -0.39 is 0 Å². The molecule has 0 radical (unpaired) electrons. The first-order valence-corrected chi connectivity index (χ1v) is 7.31. The second-order valence-corrected chi connectivity index (χ2v) is 5.94. The number of carbonyl (C=O) groups is 1. The fraction of sp³-hybridized carbons (Fsp3) is 0.562. The van der Waals surface area contributed by atoms with Crippen molar-refractivity contribution in [3.8, 4) is 0 Å².